The molecule has 1 aromatic carbocycles. The molecule has 0 aliphatic carbocycles. The molecule has 1 aliphatic rings. The number of carbonyl (C=O) groups is 1. The number of hydrogen-bond acceptors (Lipinski definition) is 5. The van der Waals surface area contributed by atoms with Crippen LogP contribution >= 0.6 is 0 Å². The van der Waals surface area contributed by atoms with Crippen molar-refractivity contribution < 1.29 is 28.8 Å². The first kappa shape index (κ1) is 14.9. The molecule has 0 amide bonds. The predicted octanol–water partition coefficient (Wildman–Crippen LogP) is -3.32. The van der Waals surface area contributed by atoms with Crippen LogP contribution in [0.3, 0.4) is 0 Å². The molecule has 0 atom stereocenters. The van der Waals surface area contributed by atoms with E-state index in [0.29, 0.717) is 0 Å². The van der Waals surface area contributed by atoms with Crippen LogP contribution in [-0.2, 0) is 0 Å². The Kier molecular flexibility index (Phi) is 4.38. The quantitative estimate of drug-likeness (QED) is 0.576. The summed E-state index contributed by atoms with van der Waals surface area (Å²) >= 11 is 0. The summed E-state index contributed by atoms with van der Waals surface area (Å²) in [7, 11) is 2.09. The van der Waals surface area contributed by atoms with Crippen molar-refractivity contribution in [2.45, 2.75) is 0 Å². The van der Waals surface area contributed by atoms with E-state index in [2.05, 4.69) is 27.0 Å². The Balaban J connectivity index is 0.00000147. The van der Waals surface area contributed by atoms with Gasteiger partial charge in [-0.05, 0) is 24.7 Å². The summed E-state index contributed by atoms with van der Waals surface area (Å²) in [5.74, 6) is -0.335. The van der Waals surface area contributed by atoms with Crippen molar-refractivity contribution in [1.82, 2.24) is 15.1 Å². The van der Waals surface area contributed by atoms with Gasteiger partial charge in [-0.15, -0.1) is 0 Å². The first-order valence-electron chi connectivity index (χ1n) is 6.28. The van der Waals surface area contributed by atoms with E-state index in [4.69, 9.17) is 0 Å². The molecule has 1 fully saturated rings. The molecule has 7 heteroatoms. The number of nitrogens with one attached hydrogen (secondary N) is 1. The third kappa shape index (κ3) is 2.68. The fourth-order valence-electron chi connectivity index (χ4n) is 2.39. The number of carboxylic acids is 1. The molecule has 6 nitrogen and oxygen atoms in total. The number of fused-ring (bicyclic) bond motifs is 1. The van der Waals surface area contributed by atoms with Crippen LogP contribution in [0.2, 0.25) is 0 Å². The Hall–Kier alpha value is -1.48. The van der Waals surface area contributed by atoms with E-state index < -0.39 is 5.97 Å². The Morgan fingerprint density at radius 1 is 1.30 bits per heavy atom. The first-order valence-corrected chi connectivity index (χ1v) is 6.28. The van der Waals surface area contributed by atoms with Crippen LogP contribution in [0.4, 0.5) is 5.82 Å². The molecule has 0 spiro atoms. The number of anilines is 1. The summed E-state index contributed by atoms with van der Waals surface area (Å²) in [6.07, 6.45) is 0. The SMILES string of the molecule is CN1CCN(c2n[nH]c3ccc(C(=O)[O-])cc23)CC1.[Li+]. The Morgan fingerprint density at radius 2 is 2.00 bits per heavy atom. The second-order valence-electron chi connectivity index (χ2n) is 4.89. The third-order valence-electron chi connectivity index (χ3n) is 3.58. The number of aromatic amines is 1. The van der Waals surface area contributed by atoms with Crippen LogP contribution in [0, 0.1) is 0 Å². The number of hydrogen-bond donors (Lipinski definition) is 1. The summed E-state index contributed by atoms with van der Waals surface area (Å²) in [6, 6.07) is 4.89. The average Bonchev–Trinajstić information content (AvgIpc) is 2.82. The number of rotatable bonds is 2. The van der Waals surface area contributed by atoms with Crippen molar-refractivity contribution >= 4 is 22.7 Å². The Labute approximate surface area is 128 Å². The molecule has 0 bridgehead atoms. The molecule has 100 valence electrons. The summed E-state index contributed by atoms with van der Waals surface area (Å²) < 4.78 is 0. The Bertz CT molecular complexity index is 620. The van der Waals surface area contributed by atoms with Crippen LogP contribution in [0.1, 0.15) is 10.4 Å². The molecule has 2 heterocycles. The molecule has 1 aromatic heterocycles. The van der Waals surface area contributed by atoms with Crippen molar-refractivity contribution in [3.05, 3.63) is 23.8 Å². The van der Waals surface area contributed by atoms with Crippen LogP contribution < -0.4 is 28.9 Å². The number of carboxylic acid groups (broad SMARTS) is 1. The normalized spacial score (nSPS) is 16.1. The van der Waals surface area contributed by atoms with Crippen molar-refractivity contribution in [3.63, 3.8) is 0 Å². The molecule has 20 heavy (non-hydrogen) atoms. The van der Waals surface area contributed by atoms with Gasteiger partial charge >= 0.3 is 18.9 Å². The summed E-state index contributed by atoms with van der Waals surface area (Å²) in [6.45, 7) is 3.75. The van der Waals surface area contributed by atoms with E-state index in [1.165, 1.54) is 6.07 Å². The van der Waals surface area contributed by atoms with Gasteiger partial charge in [0.05, 0.1) is 11.5 Å². The van der Waals surface area contributed by atoms with Gasteiger partial charge in [-0.1, -0.05) is 6.07 Å². The molecular weight excluding hydrogens is 251 g/mol. The van der Waals surface area contributed by atoms with Gasteiger partial charge in [0.2, 0.25) is 0 Å². The zero-order valence-electron chi connectivity index (χ0n) is 11.7. The van der Waals surface area contributed by atoms with Crippen LogP contribution in [0.5, 0.6) is 0 Å². The van der Waals surface area contributed by atoms with E-state index in [1.807, 2.05) is 0 Å². The van der Waals surface area contributed by atoms with Gasteiger partial charge in [0.25, 0.3) is 0 Å². The smallest absolute Gasteiger partial charge is 0.545 e. The average molecular weight is 266 g/mol. The number of aromatic carboxylic acids is 1. The summed E-state index contributed by atoms with van der Waals surface area (Å²) in [5, 5.41) is 19.0. The molecule has 0 unspecified atom stereocenters. The van der Waals surface area contributed by atoms with Crippen LogP contribution in [0.15, 0.2) is 18.2 Å². The van der Waals surface area contributed by atoms with Gasteiger partial charge in [0.1, 0.15) is 0 Å². The van der Waals surface area contributed by atoms with Crippen molar-refractivity contribution in [1.29, 1.82) is 0 Å². The van der Waals surface area contributed by atoms with Crippen molar-refractivity contribution in [2.24, 2.45) is 0 Å². The van der Waals surface area contributed by atoms with Crippen molar-refractivity contribution in [3.8, 4) is 0 Å². The largest absolute Gasteiger partial charge is 1.00 e. The zero-order chi connectivity index (χ0) is 13.4. The van der Waals surface area contributed by atoms with Gasteiger partial charge in [-0.25, -0.2) is 0 Å². The van der Waals surface area contributed by atoms with Gasteiger partial charge in [-0.2, -0.15) is 5.10 Å². The number of nitrogens with zero attached hydrogens (tertiary/aromatic N) is 3. The molecule has 1 saturated heterocycles. The van der Waals surface area contributed by atoms with E-state index in [-0.39, 0.29) is 24.4 Å². The maximum absolute atomic E-state index is 10.9. The number of aromatic nitrogens is 2. The van der Waals surface area contributed by atoms with Gasteiger partial charge in [0.15, 0.2) is 5.82 Å². The van der Waals surface area contributed by atoms with E-state index >= 15 is 0 Å². The number of piperazine rings is 1. The van der Waals surface area contributed by atoms with E-state index in [0.717, 1.165) is 42.9 Å². The maximum Gasteiger partial charge on any atom is 1.00 e. The molecule has 1 aliphatic heterocycles. The third-order valence-corrected chi connectivity index (χ3v) is 3.58. The minimum absolute atomic E-state index is 0. The van der Waals surface area contributed by atoms with Crippen molar-refractivity contribution in [2.75, 3.05) is 38.1 Å². The number of benzene rings is 1. The molecule has 2 aromatic rings. The summed E-state index contributed by atoms with van der Waals surface area (Å²) in [5.41, 5.74) is 1.03. The van der Waals surface area contributed by atoms with Crippen LogP contribution in [-0.4, -0.2) is 54.3 Å². The maximum atomic E-state index is 10.9. The van der Waals surface area contributed by atoms with Gasteiger partial charge in [0, 0.05) is 31.6 Å². The van der Waals surface area contributed by atoms with Crippen LogP contribution in [0.25, 0.3) is 10.9 Å². The number of H-pyrrole nitrogens is 1. The van der Waals surface area contributed by atoms with Gasteiger partial charge in [-0.3, -0.25) is 5.10 Å². The predicted molar refractivity (Wildman–Crippen MR) is 70.1 cm³/mol. The molecule has 1 N–H and O–H groups in total. The van der Waals surface area contributed by atoms with E-state index in [9.17, 15) is 9.90 Å². The second-order valence-corrected chi connectivity index (χ2v) is 4.89. The molecule has 0 radical (unpaired) electrons. The summed E-state index contributed by atoms with van der Waals surface area (Å²) in [4.78, 5) is 15.4. The number of likely N-dealkylation sites (N-methyl/N-ethyl adjacent to an activating group) is 1. The monoisotopic (exact) mass is 266 g/mol. The minimum Gasteiger partial charge on any atom is -0.545 e. The van der Waals surface area contributed by atoms with E-state index in [1.54, 1.807) is 12.1 Å². The fourth-order valence-corrected chi connectivity index (χ4v) is 2.39. The topological polar surface area (TPSA) is 75.3 Å². The first-order chi connectivity index (χ1) is 9.15. The molecule has 3 rings (SSSR count). The minimum atomic E-state index is -1.16. The molecule has 0 saturated carbocycles. The fraction of sp³-hybridized carbons (Fsp3) is 0.385. The standard InChI is InChI=1S/C13H16N4O2.Li/c1-16-4-6-17(7-5-16)12-10-8-9(13(18)19)2-3-11(10)14-15-12;/h2-3,8H,4-7H2,1H3,(H,14,15)(H,18,19);/q;+1/p-1. The zero-order valence-corrected chi connectivity index (χ0v) is 11.7. The second kappa shape index (κ2) is 5.88. The van der Waals surface area contributed by atoms with Gasteiger partial charge < -0.3 is 19.7 Å². The molecular formula is C13H15LiN4O2. The Morgan fingerprint density at radius 3 is 2.65 bits per heavy atom. The number of carbonyl (C=O) groups excluding carboxylic acids is 1.